The lowest BCUT2D eigenvalue weighted by atomic mass is 10.3. The second kappa shape index (κ2) is 10.3. The van der Waals surface area contributed by atoms with Crippen LogP contribution in [0.1, 0.15) is 20.3 Å². The minimum Gasteiger partial charge on any atom is -0.401 e. The molecular weight excluding hydrogens is 425 g/mol. The van der Waals surface area contributed by atoms with Gasteiger partial charge in [-0.1, -0.05) is 13.5 Å². The molecule has 0 aromatic carbocycles. The molecule has 0 fully saturated rings. The first kappa shape index (κ1) is 27.9. The normalized spacial score (nSPS) is 16.7. The number of carbonyl (C=O) groups excluding carboxylic acids is 1. The molecule has 0 radical (unpaired) electrons. The highest BCUT2D eigenvalue weighted by Gasteiger charge is 2.54. The number of hydrogen-bond donors (Lipinski definition) is 0. The lowest BCUT2D eigenvalue weighted by molar-refractivity contribution is -0.399. The van der Waals surface area contributed by atoms with Crippen molar-refractivity contribution in [3.8, 4) is 0 Å². The van der Waals surface area contributed by atoms with Crippen LogP contribution in [0.25, 0.3) is 0 Å². The third kappa shape index (κ3) is 11.2. The van der Waals surface area contributed by atoms with E-state index in [-0.39, 0.29) is 11.3 Å². The van der Waals surface area contributed by atoms with Gasteiger partial charge in [0.05, 0.1) is 0 Å². The summed E-state index contributed by atoms with van der Waals surface area (Å²) in [7, 11) is -5.67. The van der Waals surface area contributed by atoms with Crippen molar-refractivity contribution in [3.63, 3.8) is 0 Å². The number of esters is 1. The summed E-state index contributed by atoms with van der Waals surface area (Å²) in [5, 5.41) is 0. The monoisotopic (exact) mass is 466 g/mol. The third-order valence-corrected chi connectivity index (χ3v) is 6.97. The number of ether oxygens (including phenoxy) is 2. The Bertz CT molecular complexity index is 520. The van der Waals surface area contributed by atoms with Crippen LogP contribution in [0.4, 0.5) is 0 Å². The predicted octanol–water partition coefficient (Wildman–Crippen LogP) is 3.76. The van der Waals surface area contributed by atoms with Crippen molar-refractivity contribution in [1.82, 2.24) is 0 Å². The highest BCUT2D eigenvalue weighted by atomic mass is 28.4. The van der Waals surface area contributed by atoms with E-state index in [1.807, 2.05) is 26.6 Å². The van der Waals surface area contributed by atoms with Gasteiger partial charge in [0, 0.05) is 21.5 Å². The Morgan fingerprint density at radius 2 is 1.39 bits per heavy atom. The Morgan fingerprint density at radius 3 is 1.68 bits per heavy atom. The lowest BCUT2D eigenvalue weighted by Gasteiger charge is -2.46. The van der Waals surface area contributed by atoms with Crippen molar-refractivity contribution in [2.75, 3.05) is 0 Å². The molecule has 6 nitrogen and oxygen atoms in total. The molecule has 0 amide bonds. The topological polar surface area (TPSA) is 63.2 Å². The maximum Gasteiger partial charge on any atom is 0.372 e. The largest absolute Gasteiger partial charge is 0.401 e. The number of carbonyl (C=O) groups is 1. The van der Waals surface area contributed by atoms with Gasteiger partial charge in [0.15, 0.2) is 25.0 Å². The van der Waals surface area contributed by atoms with Gasteiger partial charge in [-0.3, -0.25) is 0 Å². The van der Waals surface area contributed by atoms with Crippen LogP contribution in [0.3, 0.4) is 0 Å². The summed E-state index contributed by atoms with van der Waals surface area (Å²) in [4.78, 5) is 12.6. The second-order valence-corrected chi connectivity index (χ2v) is 24.8. The molecule has 166 valence electrons. The Kier molecular flexibility index (Phi) is 10.3. The second-order valence-electron chi connectivity index (χ2n) is 10.1. The molecule has 0 aromatic heterocycles. The van der Waals surface area contributed by atoms with Gasteiger partial charge < -0.3 is 22.8 Å². The van der Waals surface area contributed by atoms with Gasteiger partial charge >= 0.3 is 11.9 Å². The standard InChI is InChI=1S/C18H42O6Si4/c1-13-15(25)20-18(24-28(10,11)12,21-16(19)14(2)3)17(22-26(4,5)6)23-27(7,8)9/h15,17H,2,13H2,1,3-12,25H3. The van der Waals surface area contributed by atoms with Crippen LogP contribution in [0.2, 0.25) is 58.9 Å². The minimum atomic E-state index is -2.23. The zero-order valence-corrected chi connectivity index (χ0v) is 25.0. The van der Waals surface area contributed by atoms with E-state index in [9.17, 15) is 4.79 Å². The van der Waals surface area contributed by atoms with Crippen LogP contribution in [0.5, 0.6) is 0 Å². The van der Waals surface area contributed by atoms with E-state index in [0.29, 0.717) is 0 Å². The van der Waals surface area contributed by atoms with Gasteiger partial charge in [0.25, 0.3) is 0 Å². The first-order valence-corrected chi connectivity index (χ1v) is 21.3. The van der Waals surface area contributed by atoms with Crippen molar-refractivity contribution < 1.29 is 27.5 Å². The molecular formula is C18H42O6Si4. The van der Waals surface area contributed by atoms with Gasteiger partial charge in [0.2, 0.25) is 6.29 Å². The quantitative estimate of drug-likeness (QED) is 0.189. The van der Waals surface area contributed by atoms with Gasteiger partial charge in [-0.25, -0.2) is 4.79 Å². The van der Waals surface area contributed by atoms with Crippen LogP contribution in [0, 0.1) is 0 Å². The molecule has 2 atom stereocenters. The molecule has 0 saturated carbocycles. The fourth-order valence-corrected chi connectivity index (χ4v) is 5.17. The molecule has 0 rings (SSSR count). The SMILES string of the molecule is C=C(C)C(=O)OC(OC([SiH3])CC)(O[Si](C)(C)C)C(O[Si](C)(C)C)O[Si](C)(C)C. The molecule has 0 aliphatic heterocycles. The molecule has 0 aliphatic rings. The summed E-state index contributed by atoms with van der Waals surface area (Å²) < 4.78 is 31.4. The zero-order valence-electron chi connectivity index (χ0n) is 20.0. The third-order valence-electron chi connectivity index (χ3n) is 3.18. The highest BCUT2D eigenvalue weighted by molar-refractivity contribution is 6.71. The average molecular weight is 467 g/mol. The van der Waals surface area contributed by atoms with Crippen LogP contribution < -0.4 is 0 Å². The Morgan fingerprint density at radius 1 is 0.964 bits per heavy atom. The summed E-state index contributed by atoms with van der Waals surface area (Å²) in [6, 6.07) is 0. The summed E-state index contributed by atoms with van der Waals surface area (Å²) in [6.07, 6.45) is -0.177. The van der Waals surface area contributed by atoms with Crippen molar-refractivity contribution in [3.05, 3.63) is 12.2 Å². The van der Waals surface area contributed by atoms with Gasteiger partial charge in [-0.15, -0.1) is 0 Å². The van der Waals surface area contributed by atoms with Crippen molar-refractivity contribution >= 4 is 41.2 Å². The molecule has 0 aliphatic carbocycles. The highest BCUT2D eigenvalue weighted by Crippen LogP contribution is 2.34. The lowest BCUT2D eigenvalue weighted by Crippen LogP contribution is -2.62. The van der Waals surface area contributed by atoms with Crippen LogP contribution in [-0.2, 0) is 27.5 Å². The fraction of sp³-hybridized carbons (Fsp3) is 0.833. The molecule has 0 saturated heterocycles. The smallest absolute Gasteiger partial charge is 0.372 e. The first-order chi connectivity index (χ1) is 12.3. The molecule has 0 bridgehead atoms. The summed E-state index contributed by atoms with van der Waals surface area (Å²) in [5.74, 6) is -2.32. The van der Waals surface area contributed by atoms with E-state index in [0.717, 1.165) is 16.7 Å². The zero-order chi connectivity index (χ0) is 22.6. The van der Waals surface area contributed by atoms with E-state index in [1.165, 1.54) is 0 Å². The molecule has 0 aromatic rings. The molecule has 10 heteroatoms. The molecule has 28 heavy (non-hydrogen) atoms. The van der Waals surface area contributed by atoms with E-state index >= 15 is 0 Å². The molecule has 0 N–H and O–H groups in total. The van der Waals surface area contributed by atoms with E-state index in [1.54, 1.807) is 6.92 Å². The maximum absolute atomic E-state index is 12.6. The molecule has 0 spiro atoms. The fourth-order valence-electron chi connectivity index (χ4n) is 2.04. The van der Waals surface area contributed by atoms with Crippen LogP contribution in [-0.4, -0.2) is 59.2 Å². The van der Waals surface area contributed by atoms with Gasteiger partial charge in [0.1, 0.15) is 0 Å². The van der Waals surface area contributed by atoms with Crippen molar-refractivity contribution in [1.29, 1.82) is 0 Å². The Labute approximate surface area is 178 Å². The number of hydrogen-bond acceptors (Lipinski definition) is 6. The average Bonchev–Trinajstić information content (AvgIpc) is 2.41. The summed E-state index contributed by atoms with van der Waals surface area (Å²) in [5.41, 5.74) is 0.181. The van der Waals surface area contributed by atoms with E-state index in [4.69, 9.17) is 22.8 Å². The summed E-state index contributed by atoms with van der Waals surface area (Å²) >= 11 is 0. The molecule has 2 unspecified atom stereocenters. The van der Waals surface area contributed by atoms with Crippen LogP contribution in [0.15, 0.2) is 12.2 Å². The Hall–Kier alpha value is -0.0825. The van der Waals surface area contributed by atoms with E-state index in [2.05, 4.69) is 45.9 Å². The summed E-state index contributed by atoms with van der Waals surface area (Å²) in [6.45, 7) is 25.8. The van der Waals surface area contributed by atoms with E-state index < -0.39 is 43.2 Å². The Balaban J connectivity index is 6.49. The minimum absolute atomic E-state index is 0.0905. The van der Waals surface area contributed by atoms with Crippen LogP contribution >= 0.6 is 0 Å². The van der Waals surface area contributed by atoms with Crippen molar-refractivity contribution in [2.24, 2.45) is 0 Å². The first-order valence-electron chi connectivity index (χ1n) is 9.93. The molecule has 0 heterocycles. The number of rotatable bonds is 12. The maximum atomic E-state index is 12.6. The van der Waals surface area contributed by atoms with Crippen molar-refractivity contribution in [2.45, 2.75) is 97.2 Å². The van der Waals surface area contributed by atoms with Gasteiger partial charge in [-0.05, 0) is 72.3 Å². The van der Waals surface area contributed by atoms with Gasteiger partial charge in [-0.2, -0.15) is 0 Å². The predicted molar refractivity (Wildman–Crippen MR) is 126 cm³/mol.